The molecule has 1 amide bonds. The normalized spacial score (nSPS) is 12.3. The van der Waals surface area contributed by atoms with Crippen molar-refractivity contribution in [1.82, 2.24) is 14.5 Å². The van der Waals surface area contributed by atoms with Crippen LogP contribution < -0.4 is 5.73 Å². The molecule has 36 heavy (non-hydrogen) atoms. The summed E-state index contributed by atoms with van der Waals surface area (Å²) in [6.45, 7) is 10.4. The minimum atomic E-state index is -0.188. The maximum Gasteiger partial charge on any atom is 0.254 e. The van der Waals surface area contributed by atoms with E-state index in [2.05, 4.69) is 67.8 Å². The number of nitrogens with zero attached hydrogens (tertiary/aromatic N) is 3. The lowest BCUT2D eigenvalue weighted by molar-refractivity contribution is 0.0605. The lowest BCUT2D eigenvalue weighted by Gasteiger charge is -2.34. The third kappa shape index (κ3) is 5.52. The fourth-order valence-corrected chi connectivity index (χ4v) is 4.86. The van der Waals surface area contributed by atoms with E-state index in [4.69, 9.17) is 10.7 Å². The number of carbonyl (C=O) groups is 1. The second-order valence-corrected chi connectivity index (χ2v) is 9.91. The molecule has 1 atom stereocenters. The van der Waals surface area contributed by atoms with Crippen molar-refractivity contribution in [1.29, 1.82) is 0 Å². The molecule has 0 radical (unpaired) electrons. The molecule has 1 heterocycles. The Morgan fingerprint density at radius 2 is 1.72 bits per heavy atom. The van der Waals surface area contributed by atoms with Crippen molar-refractivity contribution in [2.24, 2.45) is 11.7 Å². The molecule has 2 N–H and O–H groups in total. The molecule has 0 bridgehead atoms. The fraction of sp³-hybridized carbons (Fsp3) is 0.355. The molecule has 1 aromatic heterocycles. The summed E-state index contributed by atoms with van der Waals surface area (Å²) in [5.41, 5.74) is 12.3. The van der Waals surface area contributed by atoms with E-state index < -0.39 is 0 Å². The molecule has 0 saturated carbocycles. The van der Waals surface area contributed by atoms with Crippen molar-refractivity contribution < 1.29 is 4.79 Å². The summed E-state index contributed by atoms with van der Waals surface area (Å²) in [5, 5.41) is 0. The van der Waals surface area contributed by atoms with Crippen molar-refractivity contribution in [2.75, 3.05) is 13.1 Å². The molecule has 0 aliphatic rings. The smallest absolute Gasteiger partial charge is 0.254 e. The average molecular weight is 483 g/mol. The van der Waals surface area contributed by atoms with Gasteiger partial charge in [0.2, 0.25) is 0 Å². The molecule has 3 aromatic carbocycles. The molecule has 0 spiro atoms. The average Bonchev–Trinajstić information content (AvgIpc) is 3.23. The zero-order valence-electron chi connectivity index (χ0n) is 21.9. The summed E-state index contributed by atoms with van der Waals surface area (Å²) < 4.78 is 2.30. The van der Waals surface area contributed by atoms with Crippen LogP contribution in [0.2, 0.25) is 0 Å². The standard InChI is InChI=1S/C31H38N4O/c1-5-24-14-17-28-27(20-24)33-30(35(28)21-25-10-7-6-8-11-25)29(22(2)3)34(19-9-18-32)31(36)26-15-12-23(4)13-16-26/h6-8,10-17,20,22,29H,5,9,18-19,21,32H2,1-4H3. The number of carbonyl (C=O) groups excluding carboxylic acids is 1. The van der Waals surface area contributed by atoms with E-state index in [1.54, 1.807) is 0 Å². The Labute approximate surface area is 215 Å². The molecule has 5 heteroatoms. The molecule has 188 valence electrons. The van der Waals surface area contributed by atoms with Gasteiger partial charge in [0.1, 0.15) is 5.82 Å². The SMILES string of the molecule is CCc1ccc2c(c1)nc(C(C(C)C)N(CCCN)C(=O)c1ccc(C)cc1)n2Cc1ccccc1. The second-order valence-electron chi connectivity index (χ2n) is 9.91. The van der Waals surface area contributed by atoms with Crippen LogP contribution in [-0.2, 0) is 13.0 Å². The molecule has 1 unspecified atom stereocenters. The summed E-state index contributed by atoms with van der Waals surface area (Å²) in [6.07, 6.45) is 1.69. The first-order valence-electron chi connectivity index (χ1n) is 13.0. The van der Waals surface area contributed by atoms with Gasteiger partial charge in [-0.3, -0.25) is 4.79 Å². The lowest BCUT2D eigenvalue weighted by atomic mass is 9.99. The first kappa shape index (κ1) is 25.6. The van der Waals surface area contributed by atoms with E-state index in [1.807, 2.05) is 42.2 Å². The van der Waals surface area contributed by atoms with Gasteiger partial charge in [-0.15, -0.1) is 0 Å². The highest BCUT2D eigenvalue weighted by molar-refractivity contribution is 5.94. The van der Waals surface area contributed by atoms with Crippen molar-refractivity contribution in [3.63, 3.8) is 0 Å². The summed E-state index contributed by atoms with van der Waals surface area (Å²) in [7, 11) is 0. The molecule has 0 aliphatic carbocycles. The highest BCUT2D eigenvalue weighted by atomic mass is 16.2. The number of imidazole rings is 1. The van der Waals surface area contributed by atoms with Gasteiger partial charge in [0.25, 0.3) is 5.91 Å². The Bertz CT molecular complexity index is 1290. The number of rotatable bonds is 10. The first-order valence-corrected chi connectivity index (χ1v) is 13.0. The van der Waals surface area contributed by atoms with Crippen LogP contribution in [0, 0.1) is 12.8 Å². The van der Waals surface area contributed by atoms with E-state index in [-0.39, 0.29) is 17.9 Å². The van der Waals surface area contributed by atoms with Gasteiger partial charge in [-0.05, 0) is 67.6 Å². The Kier molecular flexibility index (Phi) is 8.21. The molecule has 4 aromatic rings. The number of amides is 1. The fourth-order valence-electron chi connectivity index (χ4n) is 4.86. The quantitative estimate of drug-likeness (QED) is 0.295. The Morgan fingerprint density at radius 1 is 1.00 bits per heavy atom. The monoisotopic (exact) mass is 482 g/mol. The second kappa shape index (κ2) is 11.5. The predicted molar refractivity (Wildman–Crippen MR) is 148 cm³/mol. The number of aryl methyl sites for hydroxylation is 2. The van der Waals surface area contributed by atoms with Gasteiger partial charge in [0, 0.05) is 18.7 Å². The summed E-state index contributed by atoms with van der Waals surface area (Å²) in [4.78, 5) is 21.1. The van der Waals surface area contributed by atoms with E-state index in [9.17, 15) is 4.79 Å². The summed E-state index contributed by atoms with van der Waals surface area (Å²) >= 11 is 0. The van der Waals surface area contributed by atoms with Crippen LogP contribution in [0.25, 0.3) is 11.0 Å². The zero-order valence-corrected chi connectivity index (χ0v) is 21.9. The largest absolute Gasteiger partial charge is 0.330 e. The van der Waals surface area contributed by atoms with E-state index in [0.29, 0.717) is 25.2 Å². The molecule has 5 nitrogen and oxygen atoms in total. The number of fused-ring (bicyclic) bond motifs is 1. The van der Waals surface area contributed by atoms with Gasteiger partial charge in [-0.1, -0.05) is 74.9 Å². The van der Waals surface area contributed by atoms with E-state index >= 15 is 0 Å². The minimum absolute atomic E-state index is 0.0229. The molecular weight excluding hydrogens is 444 g/mol. The predicted octanol–water partition coefficient (Wildman–Crippen LogP) is 6.14. The zero-order chi connectivity index (χ0) is 25.7. The minimum Gasteiger partial charge on any atom is -0.330 e. The molecular formula is C31H38N4O. The molecule has 0 saturated heterocycles. The van der Waals surface area contributed by atoms with Crippen molar-refractivity contribution in [2.45, 2.75) is 53.1 Å². The maximum absolute atomic E-state index is 13.9. The van der Waals surface area contributed by atoms with Crippen LogP contribution in [0.1, 0.15) is 66.1 Å². The number of aromatic nitrogens is 2. The maximum atomic E-state index is 13.9. The molecule has 0 aliphatic heterocycles. The van der Waals surface area contributed by atoms with Crippen LogP contribution in [0.5, 0.6) is 0 Å². The van der Waals surface area contributed by atoms with Crippen LogP contribution in [-0.4, -0.2) is 33.4 Å². The topological polar surface area (TPSA) is 64.2 Å². The van der Waals surface area contributed by atoms with Crippen molar-refractivity contribution in [3.05, 3.63) is 101 Å². The highest BCUT2D eigenvalue weighted by Gasteiger charge is 2.32. The van der Waals surface area contributed by atoms with Gasteiger partial charge >= 0.3 is 0 Å². The van der Waals surface area contributed by atoms with Gasteiger partial charge < -0.3 is 15.2 Å². The summed E-state index contributed by atoms with van der Waals surface area (Å²) in [6, 6.07) is 24.6. The van der Waals surface area contributed by atoms with E-state index in [1.165, 1.54) is 11.1 Å². The van der Waals surface area contributed by atoms with Crippen LogP contribution in [0.15, 0.2) is 72.8 Å². The highest BCUT2D eigenvalue weighted by Crippen LogP contribution is 2.33. The van der Waals surface area contributed by atoms with Gasteiger partial charge in [0.05, 0.1) is 17.1 Å². The third-order valence-electron chi connectivity index (χ3n) is 6.83. The summed E-state index contributed by atoms with van der Waals surface area (Å²) in [5.74, 6) is 1.11. The van der Waals surface area contributed by atoms with Crippen LogP contribution >= 0.6 is 0 Å². The van der Waals surface area contributed by atoms with Crippen LogP contribution in [0.3, 0.4) is 0 Å². The van der Waals surface area contributed by atoms with Gasteiger partial charge in [0.15, 0.2) is 0 Å². The lowest BCUT2D eigenvalue weighted by Crippen LogP contribution is -2.40. The Hall–Kier alpha value is -3.44. The Morgan fingerprint density at radius 3 is 2.36 bits per heavy atom. The van der Waals surface area contributed by atoms with E-state index in [0.717, 1.165) is 35.3 Å². The third-order valence-corrected chi connectivity index (χ3v) is 6.83. The van der Waals surface area contributed by atoms with Gasteiger partial charge in [-0.2, -0.15) is 0 Å². The van der Waals surface area contributed by atoms with Gasteiger partial charge in [-0.25, -0.2) is 4.98 Å². The van der Waals surface area contributed by atoms with Crippen LogP contribution in [0.4, 0.5) is 0 Å². The van der Waals surface area contributed by atoms with Crippen molar-refractivity contribution >= 4 is 16.9 Å². The molecule has 0 fully saturated rings. The first-order chi connectivity index (χ1) is 17.4. The Balaban J connectivity index is 1.86. The number of hydrogen-bond acceptors (Lipinski definition) is 3. The van der Waals surface area contributed by atoms with Crippen molar-refractivity contribution in [3.8, 4) is 0 Å². The number of hydrogen-bond donors (Lipinski definition) is 1. The number of nitrogens with two attached hydrogens (primary N) is 1. The number of benzene rings is 3. The molecule has 4 rings (SSSR count).